The third kappa shape index (κ3) is 3.51. The van der Waals surface area contributed by atoms with Crippen LogP contribution in [0.2, 0.25) is 0 Å². The quantitative estimate of drug-likeness (QED) is 0.597. The number of aliphatic hydroxyl groups is 1. The van der Waals surface area contributed by atoms with E-state index in [0.29, 0.717) is 19.4 Å². The minimum Gasteiger partial charge on any atom is -0.465 e. The minimum absolute atomic E-state index is 0.00566. The van der Waals surface area contributed by atoms with Crippen LogP contribution >= 0.6 is 0 Å². The number of hydrogen-bond donors (Lipinski definition) is 1. The Balaban J connectivity index is 2.94. The van der Waals surface area contributed by atoms with Crippen molar-refractivity contribution in [2.75, 3.05) is 6.61 Å². The largest absolute Gasteiger partial charge is 0.465 e. The van der Waals surface area contributed by atoms with Gasteiger partial charge < -0.3 is 9.84 Å². The Bertz CT molecular complexity index is 393. The van der Waals surface area contributed by atoms with Crippen LogP contribution in [0.3, 0.4) is 0 Å². The Morgan fingerprint density at radius 1 is 1.45 bits per heavy atom. The molecule has 1 rings (SSSR count). The van der Waals surface area contributed by atoms with Crippen molar-refractivity contribution < 1.29 is 14.6 Å². The molecule has 1 aliphatic rings. The second-order valence-electron chi connectivity index (χ2n) is 6.13. The molecule has 0 amide bonds. The number of rotatable bonds is 6. The first-order chi connectivity index (χ1) is 9.35. The molecule has 3 heteroatoms. The molecule has 1 fully saturated rings. The number of carbonyl (C=O) groups excluding carboxylic acids is 1. The van der Waals surface area contributed by atoms with Crippen molar-refractivity contribution in [1.82, 2.24) is 0 Å². The van der Waals surface area contributed by atoms with Crippen LogP contribution in [0.25, 0.3) is 0 Å². The normalized spacial score (nSPS) is 29.1. The molecule has 0 spiro atoms. The van der Waals surface area contributed by atoms with Gasteiger partial charge in [-0.05, 0) is 53.4 Å². The van der Waals surface area contributed by atoms with Gasteiger partial charge in [0.05, 0.1) is 18.1 Å². The molecule has 0 bridgehead atoms. The molecular weight excluding hydrogens is 252 g/mol. The van der Waals surface area contributed by atoms with Crippen molar-refractivity contribution in [1.29, 1.82) is 0 Å². The Hall–Kier alpha value is -1.09. The third-order valence-electron chi connectivity index (χ3n) is 4.31. The van der Waals surface area contributed by atoms with Gasteiger partial charge in [-0.3, -0.25) is 4.79 Å². The fourth-order valence-corrected chi connectivity index (χ4v) is 3.11. The highest BCUT2D eigenvalue weighted by Gasteiger charge is 2.53. The van der Waals surface area contributed by atoms with E-state index in [2.05, 4.69) is 12.7 Å². The molecule has 0 heterocycles. The summed E-state index contributed by atoms with van der Waals surface area (Å²) in [6.45, 7) is 12.1. The number of aliphatic hydroxyl groups excluding tert-OH is 1. The Kier molecular flexibility index (Phi) is 6.00. The van der Waals surface area contributed by atoms with Gasteiger partial charge in [-0.2, -0.15) is 0 Å². The summed E-state index contributed by atoms with van der Waals surface area (Å²) in [4.78, 5) is 12.4. The van der Waals surface area contributed by atoms with Gasteiger partial charge in [0, 0.05) is 5.92 Å². The summed E-state index contributed by atoms with van der Waals surface area (Å²) in [5.41, 5.74) is 1.42. The predicted octanol–water partition coefficient (Wildman–Crippen LogP) is 3.63. The fraction of sp³-hybridized carbons (Fsp3) is 0.706. The lowest BCUT2D eigenvalue weighted by Crippen LogP contribution is -2.42. The lowest BCUT2D eigenvalue weighted by Gasteiger charge is -2.32. The molecule has 114 valence electrons. The van der Waals surface area contributed by atoms with Crippen LogP contribution in [0.15, 0.2) is 23.8 Å². The summed E-state index contributed by atoms with van der Waals surface area (Å²) < 4.78 is 5.24. The molecule has 1 saturated carbocycles. The Labute approximate surface area is 122 Å². The number of hydrogen-bond acceptors (Lipinski definition) is 3. The van der Waals surface area contributed by atoms with Crippen LogP contribution in [-0.4, -0.2) is 23.8 Å². The van der Waals surface area contributed by atoms with E-state index in [1.54, 1.807) is 6.92 Å². The SMILES string of the molecule is C=C(C)[C@@H]1CC[C@](CCC=C(C)C)(C(=O)OCC)[C@@H]1O. The fourth-order valence-electron chi connectivity index (χ4n) is 3.11. The average molecular weight is 280 g/mol. The number of allylic oxidation sites excluding steroid dienone is 2. The highest BCUT2D eigenvalue weighted by Crippen LogP contribution is 2.48. The maximum absolute atomic E-state index is 12.4. The zero-order valence-electron chi connectivity index (χ0n) is 13.2. The van der Waals surface area contributed by atoms with Crippen LogP contribution < -0.4 is 0 Å². The van der Waals surface area contributed by atoms with Crippen molar-refractivity contribution in [3.05, 3.63) is 23.8 Å². The van der Waals surface area contributed by atoms with Crippen LogP contribution in [-0.2, 0) is 9.53 Å². The zero-order valence-corrected chi connectivity index (χ0v) is 13.2. The summed E-state index contributed by atoms with van der Waals surface area (Å²) in [5.74, 6) is -0.246. The van der Waals surface area contributed by atoms with Crippen molar-refractivity contribution in [3.8, 4) is 0 Å². The third-order valence-corrected chi connectivity index (χ3v) is 4.31. The molecule has 0 aromatic carbocycles. The lowest BCUT2D eigenvalue weighted by molar-refractivity contribution is -0.162. The van der Waals surface area contributed by atoms with Gasteiger partial charge in [0.1, 0.15) is 0 Å². The smallest absolute Gasteiger partial charge is 0.314 e. The van der Waals surface area contributed by atoms with E-state index in [-0.39, 0.29) is 11.9 Å². The minimum atomic E-state index is -0.758. The van der Waals surface area contributed by atoms with Gasteiger partial charge in [0.25, 0.3) is 0 Å². The highest BCUT2D eigenvalue weighted by atomic mass is 16.5. The predicted molar refractivity (Wildman–Crippen MR) is 81.3 cm³/mol. The molecular formula is C17H28O3. The molecule has 0 aliphatic heterocycles. The van der Waals surface area contributed by atoms with Gasteiger partial charge in [-0.15, -0.1) is 0 Å². The van der Waals surface area contributed by atoms with Gasteiger partial charge in [0.2, 0.25) is 0 Å². The van der Waals surface area contributed by atoms with E-state index in [1.165, 1.54) is 5.57 Å². The van der Waals surface area contributed by atoms with E-state index in [9.17, 15) is 9.90 Å². The maximum Gasteiger partial charge on any atom is 0.314 e. The molecule has 3 atom stereocenters. The topological polar surface area (TPSA) is 46.5 Å². The van der Waals surface area contributed by atoms with Crippen molar-refractivity contribution in [2.45, 2.75) is 59.5 Å². The molecule has 0 saturated heterocycles. The summed E-state index contributed by atoms with van der Waals surface area (Å²) in [7, 11) is 0. The first-order valence-corrected chi connectivity index (χ1v) is 7.49. The van der Waals surface area contributed by atoms with Crippen LogP contribution in [0.5, 0.6) is 0 Å². The molecule has 20 heavy (non-hydrogen) atoms. The maximum atomic E-state index is 12.4. The van der Waals surface area contributed by atoms with Crippen molar-refractivity contribution >= 4 is 5.97 Å². The van der Waals surface area contributed by atoms with Gasteiger partial charge in [-0.25, -0.2) is 0 Å². The molecule has 0 radical (unpaired) electrons. The van der Waals surface area contributed by atoms with E-state index in [4.69, 9.17) is 4.74 Å². The number of ether oxygens (including phenoxy) is 1. The van der Waals surface area contributed by atoms with E-state index in [0.717, 1.165) is 18.4 Å². The van der Waals surface area contributed by atoms with Crippen LogP contribution in [0.1, 0.15) is 53.4 Å². The highest BCUT2D eigenvalue weighted by molar-refractivity contribution is 5.78. The summed E-state index contributed by atoms with van der Waals surface area (Å²) in [5, 5.41) is 10.6. The standard InChI is InChI=1S/C17H28O3/c1-6-20-16(19)17(10-7-8-12(2)3)11-9-14(13(4)5)15(17)18/h8,14-15,18H,4,6-7,9-11H2,1-3,5H3/t14-,15+,17-/m0/s1. The average Bonchev–Trinajstić information content (AvgIpc) is 2.68. The molecule has 0 unspecified atom stereocenters. The second kappa shape index (κ2) is 7.07. The lowest BCUT2D eigenvalue weighted by atomic mass is 9.77. The monoisotopic (exact) mass is 280 g/mol. The first kappa shape index (κ1) is 17.0. The first-order valence-electron chi connectivity index (χ1n) is 7.49. The summed E-state index contributed by atoms with van der Waals surface area (Å²) in [6.07, 6.45) is 4.36. The van der Waals surface area contributed by atoms with Gasteiger partial charge in [0.15, 0.2) is 0 Å². The van der Waals surface area contributed by atoms with Crippen molar-refractivity contribution in [2.24, 2.45) is 11.3 Å². The molecule has 1 N–H and O–H groups in total. The Morgan fingerprint density at radius 2 is 2.10 bits per heavy atom. The van der Waals surface area contributed by atoms with Crippen LogP contribution in [0.4, 0.5) is 0 Å². The van der Waals surface area contributed by atoms with Gasteiger partial charge in [-0.1, -0.05) is 23.8 Å². The van der Waals surface area contributed by atoms with Crippen molar-refractivity contribution in [3.63, 3.8) is 0 Å². The van der Waals surface area contributed by atoms with E-state index >= 15 is 0 Å². The zero-order chi connectivity index (χ0) is 15.3. The number of carbonyl (C=O) groups is 1. The number of esters is 1. The van der Waals surface area contributed by atoms with Gasteiger partial charge >= 0.3 is 5.97 Å². The Morgan fingerprint density at radius 3 is 2.55 bits per heavy atom. The summed E-state index contributed by atoms with van der Waals surface area (Å²) in [6, 6.07) is 0. The second-order valence-corrected chi connectivity index (χ2v) is 6.13. The molecule has 0 aromatic rings. The molecule has 3 nitrogen and oxygen atoms in total. The van der Waals surface area contributed by atoms with E-state index < -0.39 is 11.5 Å². The molecule has 1 aliphatic carbocycles. The molecule has 0 aromatic heterocycles. The summed E-state index contributed by atoms with van der Waals surface area (Å²) >= 11 is 0. The van der Waals surface area contributed by atoms with E-state index in [1.807, 2.05) is 20.8 Å². The van der Waals surface area contributed by atoms with Crippen LogP contribution in [0, 0.1) is 11.3 Å².